The fraction of sp³-hybridized carbons (Fsp3) is 0.136. The molecule has 0 radical (unpaired) electrons. The third-order valence-corrected chi connectivity index (χ3v) is 4.69. The molecule has 1 fully saturated rings. The van der Waals surface area contributed by atoms with Gasteiger partial charge in [0.25, 0.3) is 0 Å². The minimum absolute atomic E-state index is 0.244. The molecule has 0 spiro atoms. The standard InChI is InChI=1S/C22H22N4O3/c1-28-19-12-8-16(9-13-19)21-23-25(17-6-4-3-5-7-17)22(27)26(24-21)18-10-14-20(29-2)15-11-18/h3-15,21,23-24H,1-2H3. The van der Waals surface area contributed by atoms with Crippen molar-refractivity contribution in [3.8, 4) is 11.5 Å². The number of urea groups is 1. The van der Waals surface area contributed by atoms with Gasteiger partial charge in [-0.1, -0.05) is 30.3 Å². The number of hydrogen-bond acceptors (Lipinski definition) is 5. The predicted molar refractivity (Wildman–Crippen MR) is 112 cm³/mol. The molecule has 0 bridgehead atoms. The van der Waals surface area contributed by atoms with Crippen LogP contribution in [0.2, 0.25) is 0 Å². The maximum absolute atomic E-state index is 13.2. The Bertz CT molecular complexity index is 962. The lowest BCUT2D eigenvalue weighted by atomic mass is 10.1. The second-order valence-corrected chi connectivity index (χ2v) is 6.45. The van der Waals surface area contributed by atoms with Crippen LogP contribution < -0.4 is 30.3 Å². The monoisotopic (exact) mass is 390 g/mol. The van der Waals surface area contributed by atoms with Crippen LogP contribution in [0.5, 0.6) is 11.5 Å². The fourth-order valence-electron chi connectivity index (χ4n) is 3.12. The smallest absolute Gasteiger partial charge is 0.358 e. The first-order valence-corrected chi connectivity index (χ1v) is 9.19. The molecule has 1 aliphatic rings. The molecule has 148 valence electrons. The summed E-state index contributed by atoms with van der Waals surface area (Å²) in [5.74, 6) is 1.50. The van der Waals surface area contributed by atoms with Crippen LogP contribution in [0.15, 0.2) is 78.9 Å². The quantitative estimate of drug-likeness (QED) is 0.693. The van der Waals surface area contributed by atoms with Crippen molar-refractivity contribution in [1.82, 2.24) is 10.9 Å². The number of hydrazine groups is 2. The maximum Gasteiger partial charge on any atom is 0.358 e. The molecule has 1 saturated heterocycles. The van der Waals surface area contributed by atoms with Crippen molar-refractivity contribution >= 4 is 17.4 Å². The molecule has 2 amide bonds. The van der Waals surface area contributed by atoms with Gasteiger partial charge in [0.15, 0.2) is 0 Å². The van der Waals surface area contributed by atoms with Gasteiger partial charge in [0.05, 0.1) is 25.6 Å². The number of carbonyl (C=O) groups excluding carboxylic acids is 1. The van der Waals surface area contributed by atoms with Crippen LogP contribution in [0.25, 0.3) is 0 Å². The Balaban J connectivity index is 1.69. The molecule has 0 aromatic heterocycles. The van der Waals surface area contributed by atoms with E-state index < -0.39 is 0 Å². The van der Waals surface area contributed by atoms with E-state index in [2.05, 4.69) is 10.9 Å². The Labute approximate surface area is 169 Å². The molecule has 1 unspecified atom stereocenters. The number of ether oxygens (including phenoxy) is 2. The SMILES string of the molecule is COc1ccc(C2NN(c3ccccc3)C(=O)N(c3ccc(OC)cc3)N2)cc1. The lowest BCUT2D eigenvalue weighted by Gasteiger charge is -2.41. The molecule has 7 nitrogen and oxygen atoms in total. The lowest BCUT2D eigenvalue weighted by molar-refractivity contribution is 0.231. The van der Waals surface area contributed by atoms with Crippen molar-refractivity contribution in [2.75, 3.05) is 24.2 Å². The topological polar surface area (TPSA) is 66.1 Å². The van der Waals surface area contributed by atoms with Gasteiger partial charge in [0.2, 0.25) is 0 Å². The predicted octanol–water partition coefficient (Wildman–Crippen LogP) is 3.86. The normalized spacial score (nSPS) is 16.6. The molecule has 1 aliphatic heterocycles. The van der Waals surface area contributed by atoms with E-state index in [4.69, 9.17) is 9.47 Å². The molecular formula is C22H22N4O3. The average Bonchev–Trinajstić information content (AvgIpc) is 2.80. The van der Waals surface area contributed by atoms with Crippen LogP contribution >= 0.6 is 0 Å². The van der Waals surface area contributed by atoms with Crippen molar-refractivity contribution in [3.05, 3.63) is 84.4 Å². The Morgan fingerprint density at radius 2 is 1.17 bits per heavy atom. The molecule has 2 N–H and O–H groups in total. The number of nitrogens with zero attached hydrogens (tertiary/aromatic N) is 2. The van der Waals surface area contributed by atoms with Crippen LogP contribution in [-0.2, 0) is 0 Å². The van der Waals surface area contributed by atoms with Crippen molar-refractivity contribution < 1.29 is 14.3 Å². The van der Waals surface area contributed by atoms with Crippen LogP contribution in [-0.4, -0.2) is 20.3 Å². The number of methoxy groups -OCH3 is 2. The van der Waals surface area contributed by atoms with Crippen molar-refractivity contribution in [3.63, 3.8) is 0 Å². The van der Waals surface area contributed by atoms with Crippen LogP contribution in [0.3, 0.4) is 0 Å². The van der Waals surface area contributed by atoms with E-state index in [0.29, 0.717) is 5.69 Å². The highest BCUT2D eigenvalue weighted by Crippen LogP contribution is 2.27. The minimum Gasteiger partial charge on any atom is -0.497 e. The minimum atomic E-state index is -0.332. The molecule has 1 heterocycles. The summed E-state index contributed by atoms with van der Waals surface area (Å²) in [6.07, 6.45) is -0.332. The Hall–Kier alpha value is -3.55. The summed E-state index contributed by atoms with van der Waals surface area (Å²) < 4.78 is 10.5. The first-order valence-electron chi connectivity index (χ1n) is 9.19. The highest BCUT2D eigenvalue weighted by Gasteiger charge is 2.34. The molecule has 3 aromatic carbocycles. The number of hydrogen-bond donors (Lipinski definition) is 2. The number of anilines is 2. The van der Waals surface area contributed by atoms with Crippen molar-refractivity contribution in [2.24, 2.45) is 0 Å². The van der Waals surface area contributed by atoms with E-state index >= 15 is 0 Å². The largest absolute Gasteiger partial charge is 0.497 e. The molecule has 1 atom stereocenters. The van der Waals surface area contributed by atoms with Gasteiger partial charge in [0.1, 0.15) is 17.7 Å². The zero-order valence-electron chi connectivity index (χ0n) is 16.2. The molecule has 29 heavy (non-hydrogen) atoms. The number of benzene rings is 3. The molecular weight excluding hydrogens is 368 g/mol. The Morgan fingerprint density at radius 1 is 0.690 bits per heavy atom. The summed E-state index contributed by atoms with van der Waals surface area (Å²) in [6, 6.07) is 24.2. The first-order chi connectivity index (χ1) is 14.2. The number of para-hydroxylation sites is 1. The molecule has 0 aliphatic carbocycles. The van der Waals surface area contributed by atoms with E-state index in [1.165, 1.54) is 10.0 Å². The highest BCUT2D eigenvalue weighted by molar-refractivity contribution is 6.03. The first kappa shape index (κ1) is 18.8. The van der Waals surface area contributed by atoms with E-state index in [0.717, 1.165) is 22.7 Å². The van der Waals surface area contributed by atoms with Crippen LogP contribution in [0.1, 0.15) is 11.7 Å². The summed E-state index contributed by atoms with van der Waals surface area (Å²) in [5, 5.41) is 3.06. The van der Waals surface area contributed by atoms with Crippen LogP contribution in [0, 0.1) is 0 Å². The van der Waals surface area contributed by atoms with Gasteiger partial charge in [-0.2, -0.15) is 0 Å². The van der Waals surface area contributed by atoms with Gasteiger partial charge in [-0.05, 0) is 54.1 Å². The Kier molecular flexibility index (Phi) is 5.33. The average molecular weight is 390 g/mol. The second-order valence-electron chi connectivity index (χ2n) is 6.45. The maximum atomic E-state index is 13.2. The number of nitrogens with one attached hydrogen (secondary N) is 2. The van der Waals surface area contributed by atoms with Crippen molar-refractivity contribution in [1.29, 1.82) is 0 Å². The van der Waals surface area contributed by atoms with Gasteiger partial charge in [0, 0.05) is 0 Å². The van der Waals surface area contributed by atoms with E-state index in [-0.39, 0.29) is 12.2 Å². The fourth-order valence-corrected chi connectivity index (χ4v) is 3.12. The summed E-state index contributed by atoms with van der Waals surface area (Å²) >= 11 is 0. The summed E-state index contributed by atoms with van der Waals surface area (Å²) in [5.41, 5.74) is 8.93. The number of amides is 2. The molecule has 3 aromatic rings. The van der Waals surface area contributed by atoms with E-state index in [1.807, 2.05) is 78.9 Å². The summed E-state index contributed by atoms with van der Waals surface area (Å²) in [4.78, 5) is 13.2. The lowest BCUT2D eigenvalue weighted by Crippen LogP contribution is -2.65. The third-order valence-electron chi connectivity index (χ3n) is 4.69. The summed E-state index contributed by atoms with van der Waals surface area (Å²) in [7, 11) is 3.24. The van der Waals surface area contributed by atoms with Gasteiger partial charge in [-0.15, -0.1) is 0 Å². The zero-order valence-corrected chi connectivity index (χ0v) is 16.2. The van der Waals surface area contributed by atoms with Gasteiger partial charge < -0.3 is 9.47 Å². The van der Waals surface area contributed by atoms with Crippen molar-refractivity contribution in [2.45, 2.75) is 6.17 Å². The Morgan fingerprint density at radius 3 is 1.69 bits per heavy atom. The molecule has 7 heteroatoms. The number of carbonyl (C=O) groups is 1. The van der Waals surface area contributed by atoms with E-state index in [9.17, 15) is 4.79 Å². The van der Waals surface area contributed by atoms with E-state index in [1.54, 1.807) is 14.2 Å². The molecule has 4 rings (SSSR count). The third kappa shape index (κ3) is 3.87. The van der Waals surface area contributed by atoms with Gasteiger partial charge in [-0.3, -0.25) is 0 Å². The van der Waals surface area contributed by atoms with Gasteiger partial charge in [-0.25, -0.2) is 25.7 Å². The zero-order chi connectivity index (χ0) is 20.2. The number of rotatable bonds is 5. The second kappa shape index (κ2) is 8.22. The highest BCUT2D eigenvalue weighted by atomic mass is 16.5. The molecule has 0 saturated carbocycles. The summed E-state index contributed by atoms with van der Waals surface area (Å²) in [6.45, 7) is 0. The van der Waals surface area contributed by atoms with Crippen LogP contribution in [0.4, 0.5) is 16.2 Å². The van der Waals surface area contributed by atoms with Gasteiger partial charge >= 0.3 is 6.03 Å².